The largest absolute Gasteiger partial charge is 0.500 e. The molecular weight excluding hydrogens is 347 g/mol. The van der Waals surface area contributed by atoms with E-state index < -0.39 is 30.0 Å². The molecule has 2 rings (SSSR count). The molecule has 1 amide bonds. The minimum absolute atomic E-state index is 0.287. The number of hydrogen-bond donors (Lipinski definition) is 1. The second kappa shape index (κ2) is 7.68. The van der Waals surface area contributed by atoms with Crippen LogP contribution in [0.3, 0.4) is 0 Å². The Bertz CT molecular complexity index is 669. The van der Waals surface area contributed by atoms with E-state index in [0.29, 0.717) is 12.3 Å². The minimum atomic E-state index is -0.558. The van der Waals surface area contributed by atoms with E-state index in [1.165, 1.54) is 0 Å². The number of aryl methyl sites for hydroxylation is 1. The third-order valence-corrected chi connectivity index (χ3v) is 4.67. The molecule has 0 unspecified atom stereocenters. The van der Waals surface area contributed by atoms with Crippen molar-refractivity contribution in [2.45, 2.75) is 72.2 Å². The van der Waals surface area contributed by atoms with Crippen molar-refractivity contribution in [1.82, 2.24) is 10.3 Å². The van der Waals surface area contributed by atoms with Crippen molar-refractivity contribution >= 4 is 18.7 Å². The highest BCUT2D eigenvalue weighted by atomic mass is 16.7. The maximum Gasteiger partial charge on any atom is 0.500 e. The van der Waals surface area contributed by atoms with Crippen LogP contribution >= 0.6 is 0 Å². The van der Waals surface area contributed by atoms with Gasteiger partial charge in [-0.05, 0) is 61.5 Å². The fraction of sp³-hybridized carbons (Fsp3) is 0.684. The van der Waals surface area contributed by atoms with Gasteiger partial charge in [0, 0.05) is 17.4 Å². The summed E-state index contributed by atoms with van der Waals surface area (Å²) < 4.78 is 23.4. The number of nitrogens with one attached hydrogen (secondary N) is 1. The van der Waals surface area contributed by atoms with Gasteiger partial charge in [-0.15, -0.1) is 0 Å². The number of nitrogens with zero attached hydrogens (tertiary/aromatic N) is 1. The first kappa shape index (κ1) is 21.5. The van der Waals surface area contributed by atoms with E-state index in [9.17, 15) is 4.79 Å². The molecule has 7 nitrogen and oxygen atoms in total. The van der Waals surface area contributed by atoms with E-state index in [4.69, 9.17) is 18.8 Å². The first-order chi connectivity index (χ1) is 12.3. The summed E-state index contributed by atoms with van der Waals surface area (Å²) in [7, 11) is -0.558. The average molecular weight is 378 g/mol. The third-order valence-electron chi connectivity index (χ3n) is 4.67. The summed E-state index contributed by atoms with van der Waals surface area (Å²) in [4.78, 5) is 16.1. The van der Waals surface area contributed by atoms with E-state index in [1.807, 2.05) is 55.4 Å². The smallest absolute Gasteiger partial charge is 0.492 e. The summed E-state index contributed by atoms with van der Waals surface area (Å²) in [6.45, 7) is 16.0. The molecule has 1 aliphatic rings. The molecule has 0 atom stereocenters. The van der Waals surface area contributed by atoms with Crippen molar-refractivity contribution < 1.29 is 23.6 Å². The number of hydrogen-bond acceptors (Lipinski definition) is 6. The molecule has 27 heavy (non-hydrogen) atoms. The van der Waals surface area contributed by atoms with Crippen molar-refractivity contribution in [2.24, 2.45) is 0 Å². The maximum absolute atomic E-state index is 11.7. The molecule has 2 heterocycles. The number of carbonyl (C=O) groups is 1. The van der Waals surface area contributed by atoms with Crippen LogP contribution < -0.4 is 15.5 Å². The Labute approximate surface area is 162 Å². The van der Waals surface area contributed by atoms with Gasteiger partial charge >= 0.3 is 13.2 Å². The third kappa shape index (κ3) is 5.36. The van der Waals surface area contributed by atoms with Crippen molar-refractivity contribution in [3.8, 4) is 5.75 Å². The SMILES string of the molecule is Cc1nccc(OCCNC(=O)OC(C)(C)C)c1B1OC(C)(C)C(C)(C)O1. The quantitative estimate of drug-likeness (QED) is 0.627. The molecule has 0 spiro atoms. The highest BCUT2D eigenvalue weighted by molar-refractivity contribution is 6.63. The molecule has 1 N–H and O–H groups in total. The number of alkyl carbamates (subject to hydrolysis) is 1. The number of ether oxygens (including phenoxy) is 2. The molecule has 150 valence electrons. The molecule has 8 heteroatoms. The van der Waals surface area contributed by atoms with Crippen molar-refractivity contribution in [3.63, 3.8) is 0 Å². The van der Waals surface area contributed by atoms with Gasteiger partial charge in [0.2, 0.25) is 0 Å². The van der Waals surface area contributed by atoms with Crippen LogP contribution in [0.25, 0.3) is 0 Å². The highest BCUT2D eigenvalue weighted by Crippen LogP contribution is 2.37. The molecule has 1 aromatic heterocycles. The lowest BCUT2D eigenvalue weighted by Gasteiger charge is -2.32. The lowest BCUT2D eigenvalue weighted by Crippen LogP contribution is -2.41. The fourth-order valence-electron chi connectivity index (χ4n) is 2.56. The zero-order chi connectivity index (χ0) is 20.5. The van der Waals surface area contributed by atoms with Gasteiger partial charge in [-0.1, -0.05) is 0 Å². The molecule has 1 aliphatic heterocycles. The zero-order valence-corrected chi connectivity index (χ0v) is 17.6. The monoisotopic (exact) mass is 378 g/mol. The van der Waals surface area contributed by atoms with Gasteiger partial charge in [0.15, 0.2) is 0 Å². The Kier molecular flexibility index (Phi) is 6.11. The summed E-state index contributed by atoms with van der Waals surface area (Å²) in [5.74, 6) is 0.631. The summed E-state index contributed by atoms with van der Waals surface area (Å²) >= 11 is 0. The molecule has 0 aromatic carbocycles. The summed E-state index contributed by atoms with van der Waals surface area (Å²) in [6, 6.07) is 1.78. The number of pyridine rings is 1. The predicted molar refractivity (Wildman–Crippen MR) is 104 cm³/mol. The molecule has 0 aliphatic carbocycles. The van der Waals surface area contributed by atoms with Gasteiger partial charge in [-0.2, -0.15) is 0 Å². The number of rotatable bonds is 5. The van der Waals surface area contributed by atoms with Crippen molar-refractivity contribution in [1.29, 1.82) is 0 Å². The van der Waals surface area contributed by atoms with Crippen molar-refractivity contribution in [2.75, 3.05) is 13.2 Å². The molecule has 1 aromatic rings. The van der Waals surface area contributed by atoms with Crippen LogP contribution in [-0.4, -0.2) is 48.2 Å². The first-order valence-corrected chi connectivity index (χ1v) is 9.23. The van der Waals surface area contributed by atoms with Gasteiger partial charge in [-0.25, -0.2) is 4.79 Å². The van der Waals surface area contributed by atoms with Gasteiger partial charge in [0.05, 0.1) is 17.7 Å². The van der Waals surface area contributed by atoms with E-state index in [1.54, 1.807) is 12.3 Å². The van der Waals surface area contributed by atoms with E-state index in [0.717, 1.165) is 11.2 Å². The standard InChI is InChI=1S/C19H31BN2O5/c1-13-15(20-26-18(5,6)19(7,8)27-20)14(9-10-21-13)24-12-11-22-16(23)25-17(2,3)4/h9-10H,11-12H2,1-8H3,(H,22,23). The lowest BCUT2D eigenvalue weighted by molar-refractivity contribution is 0.00578. The summed E-state index contributed by atoms with van der Waals surface area (Å²) in [5, 5.41) is 2.67. The molecular formula is C19H31BN2O5. The van der Waals surface area contributed by atoms with Crippen LogP contribution in [0.1, 0.15) is 54.2 Å². The zero-order valence-electron chi connectivity index (χ0n) is 17.6. The second-order valence-corrected chi connectivity index (χ2v) is 8.67. The first-order valence-electron chi connectivity index (χ1n) is 9.23. The van der Waals surface area contributed by atoms with E-state index >= 15 is 0 Å². The molecule has 1 fully saturated rings. The fourth-order valence-corrected chi connectivity index (χ4v) is 2.56. The Balaban J connectivity index is 2.01. The number of amides is 1. The lowest BCUT2D eigenvalue weighted by atomic mass is 9.77. The Morgan fingerprint density at radius 3 is 2.37 bits per heavy atom. The van der Waals surface area contributed by atoms with Crippen LogP contribution in [0.2, 0.25) is 0 Å². The van der Waals surface area contributed by atoms with Crippen LogP contribution in [0.15, 0.2) is 12.3 Å². The van der Waals surface area contributed by atoms with E-state index in [-0.39, 0.29) is 6.61 Å². The molecule has 0 radical (unpaired) electrons. The van der Waals surface area contributed by atoms with Crippen LogP contribution in [-0.2, 0) is 14.0 Å². The molecule has 1 saturated heterocycles. The summed E-state index contributed by atoms with van der Waals surface area (Å²) in [5.41, 5.74) is 0.127. The summed E-state index contributed by atoms with van der Waals surface area (Å²) in [6.07, 6.45) is 1.21. The Morgan fingerprint density at radius 1 is 1.22 bits per heavy atom. The topological polar surface area (TPSA) is 78.9 Å². The second-order valence-electron chi connectivity index (χ2n) is 8.67. The number of carbonyl (C=O) groups excluding carboxylic acids is 1. The van der Waals surface area contributed by atoms with Crippen LogP contribution in [0.5, 0.6) is 5.75 Å². The van der Waals surface area contributed by atoms with Gasteiger partial charge in [0.1, 0.15) is 18.0 Å². The minimum Gasteiger partial charge on any atom is -0.492 e. The average Bonchev–Trinajstić information content (AvgIpc) is 2.69. The van der Waals surface area contributed by atoms with E-state index in [2.05, 4.69) is 10.3 Å². The predicted octanol–water partition coefficient (Wildman–Crippen LogP) is 2.59. The highest BCUT2D eigenvalue weighted by Gasteiger charge is 2.53. The molecule has 0 bridgehead atoms. The van der Waals surface area contributed by atoms with Gasteiger partial charge in [-0.3, -0.25) is 4.98 Å². The normalized spacial score (nSPS) is 18.3. The van der Waals surface area contributed by atoms with Gasteiger partial charge < -0.3 is 24.1 Å². The maximum atomic E-state index is 11.7. The Morgan fingerprint density at radius 2 is 1.81 bits per heavy atom. The van der Waals surface area contributed by atoms with Crippen molar-refractivity contribution in [3.05, 3.63) is 18.0 Å². The van der Waals surface area contributed by atoms with Gasteiger partial charge in [0.25, 0.3) is 0 Å². The van der Waals surface area contributed by atoms with Crippen LogP contribution in [0, 0.1) is 6.92 Å². The number of aromatic nitrogens is 1. The molecule has 0 saturated carbocycles. The Hall–Kier alpha value is -1.80. The van der Waals surface area contributed by atoms with Crippen LogP contribution in [0.4, 0.5) is 4.79 Å².